The summed E-state index contributed by atoms with van der Waals surface area (Å²) >= 11 is 0. The molecule has 1 aromatic carbocycles. The highest BCUT2D eigenvalue weighted by atomic mass is 15.2. The van der Waals surface area contributed by atoms with Crippen molar-refractivity contribution in [1.82, 2.24) is 9.55 Å². The lowest BCUT2D eigenvalue weighted by Crippen LogP contribution is -2.06. The Morgan fingerprint density at radius 1 is 1.28 bits per heavy atom. The largest absolute Gasteiger partial charge is 0.355 e. The summed E-state index contributed by atoms with van der Waals surface area (Å²) in [4.78, 5) is 4.53. The smallest absolute Gasteiger partial charge is 0.207 e. The molecule has 0 radical (unpaired) electrons. The lowest BCUT2D eigenvalue weighted by molar-refractivity contribution is 0.935. The number of imidazole rings is 1. The second kappa shape index (κ2) is 5.71. The zero-order valence-electron chi connectivity index (χ0n) is 11.4. The topological polar surface area (TPSA) is 29.9 Å². The van der Waals surface area contributed by atoms with Crippen molar-refractivity contribution in [3.8, 4) is 5.69 Å². The first-order chi connectivity index (χ1) is 8.74. The van der Waals surface area contributed by atoms with Crippen LogP contribution >= 0.6 is 0 Å². The predicted octanol–water partition coefficient (Wildman–Crippen LogP) is 3.57. The summed E-state index contributed by atoms with van der Waals surface area (Å²) in [6, 6.07) is 8.61. The molecule has 3 nitrogen and oxygen atoms in total. The van der Waals surface area contributed by atoms with Gasteiger partial charge >= 0.3 is 0 Å². The van der Waals surface area contributed by atoms with E-state index >= 15 is 0 Å². The van der Waals surface area contributed by atoms with Gasteiger partial charge in [0.25, 0.3) is 0 Å². The number of hydrogen-bond donors (Lipinski definition) is 1. The number of hydrogen-bond acceptors (Lipinski definition) is 2. The van der Waals surface area contributed by atoms with Crippen LogP contribution in [-0.2, 0) is 6.42 Å². The molecule has 2 aromatic rings. The molecule has 0 saturated carbocycles. The molecule has 0 spiro atoms. The second-order valence-corrected chi connectivity index (χ2v) is 4.53. The van der Waals surface area contributed by atoms with Gasteiger partial charge in [0.15, 0.2) is 0 Å². The summed E-state index contributed by atoms with van der Waals surface area (Å²) in [6.07, 6.45) is 4.23. The fourth-order valence-electron chi connectivity index (χ4n) is 1.98. The number of anilines is 1. The minimum Gasteiger partial charge on any atom is -0.355 e. The quantitative estimate of drug-likeness (QED) is 0.870. The highest BCUT2D eigenvalue weighted by Crippen LogP contribution is 2.18. The van der Waals surface area contributed by atoms with E-state index in [9.17, 15) is 0 Å². The first-order valence-corrected chi connectivity index (χ1v) is 6.63. The average Bonchev–Trinajstić information content (AvgIpc) is 2.77. The number of benzene rings is 1. The molecule has 0 atom stereocenters. The normalized spacial score (nSPS) is 10.6. The van der Waals surface area contributed by atoms with Crippen LogP contribution in [0.3, 0.4) is 0 Å². The molecule has 0 fully saturated rings. The van der Waals surface area contributed by atoms with Crippen molar-refractivity contribution in [2.24, 2.45) is 0 Å². The zero-order chi connectivity index (χ0) is 13.0. The van der Waals surface area contributed by atoms with E-state index in [2.05, 4.69) is 59.2 Å². The maximum absolute atomic E-state index is 4.53. The van der Waals surface area contributed by atoms with E-state index in [4.69, 9.17) is 0 Å². The van der Waals surface area contributed by atoms with E-state index in [1.54, 1.807) is 0 Å². The summed E-state index contributed by atoms with van der Waals surface area (Å²) in [5.74, 6) is 0.933. The zero-order valence-corrected chi connectivity index (χ0v) is 11.4. The third kappa shape index (κ3) is 2.73. The van der Waals surface area contributed by atoms with Crippen molar-refractivity contribution < 1.29 is 0 Å². The third-order valence-corrected chi connectivity index (χ3v) is 2.96. The Labute approximate surface area is 109 Å². The van der Waals surface area contributed by atoms with E-state index in [1.165, 1.54) is 11.3 Å². The second-order valence-electron chi connectivity index (χ2n) is 4.53. The molecule has 3 heteroatoms. The first kappa shape index (κ1) is 12.7. The minimum atomic E-state index is 0.933. The molecule has 0 aliphatic carbocycles. The molecular formula is C15H21N3. The van der Waals surface area contributed by atoms with E-state index in [1.807, 2.05) is 6.92 Å². The van der Waals surface area contributed by atoms with Crippen LogP contribution in [-0.4, -0.2) is 16.1 Å². The van der Waals surface area contributed by atoms with Gasteiger partial charge in [-0.05, 0) is 37.5 Å². The van der Waals surface area contributed by atoms with Gasteiger partial charge in [0, 0.05) is 18.4 Å². The minimum absolute atomic E-state index is 0.933. The number of nitrogens with one attached hydrogen (secondary N) is 1. The summed E-state index contributed by atoms with van der Waals surface area (Å²) in [6.45, 7) is 7.31. The van der Waals surface area contributed by atoms with Crippen molar-refractivity contribution >= 4 is 5.95 Å². The van der Waals surface area contributed by atoms with Crippen LogP contribution in [0.25, 0.3) is 5.69 Å². The Morgan fingerprint density at radius 2 is 2.11 bits per heavy atom. The summed E-state index contributed by atoms with van der Waals surface area (Å²) in [5.41, 5.74) is 3.56. The highest BCUT2D eigenvalue weighted by Gasteiger charge is 2.06. The Kier molecular flexibility index (Phi) is 4.03. The summed E-state index contributed by atoms with van der Waals surface area (Å²) < 4.78 is 2.13. The van der Waals surface area contributed by atoms with Gasteiger partial charge < -0.3 is 5.32 Å². The third-order valence-electron chi connectivity index (χ3n) is 2.96. The van der Waals surface area contributed by atoms with Gasteiger partial charge in [-0.25, -0.2) is 4.98 Å². The average molecular weight is 243 g/mol. The van der Waals surface area contributed by atoms with Gasteiger partial charge in [0.05, 0.1) is 5.69 Å². The van der Waals surface area contributed by atoms with Crippen molar-refractivity contribution in [2.45, 2.75) is 33.6 Å². The van der Waals surface area contributed by atoms with Crippen LogP contribution in [0, 0.1) is 6.92 Å². The lowest BCUT2D eigenvalue weighted by Gasteiger charge is -2.10. The Bertz CT molecular complexity index is 514. The molecule has 18 heavy (non-hydrogen) atoms. The molecule has 0 amide bonds. The molecule has 0 saturated heterocycles. The molecule has 2 rings (SSSR count). The Hall–Kier alpha value is -1.77. The van der Waals surface area contributed by atoms with E-state index in [0.29, 0.717) is 0 Å². The molecule has 0 bridgehead atoms. The van der Waals surface area contributed by atoms with Crippen LogP contribution < -0.4 is 5.32 Å². The molecule has 0 aliphatic heterocycles. The maximum atomic E-state index is 4.53. The Balaban J connectivity index is 2.36. The van der Waals surface area contributed by atoms with Gasteiger partial charge in [-0.2, -0.15) is 0 Å². The Morgan fingerprint density at radius 3 is 2.83 bits per heavy atom. The van der Waals surface area contributed by atoms with Crippen molar-refractivity contribution in [2.75, 3.05) is 11.9 Å². The van der Waals surface area contributed by atoms with E-state index in [0.717, 1.165) is 31.0 Å². The molecular weight excluding hydrogens is 222 g/mol. The van der Waals surface area contributed by atoms with Crippen LogP contribution in [0.2, 0.25) is 0 Å². The fraction of sp³-hybridized carbons (Fsp3) is 0.400. The molecule has 1 aromatic heterocycles. The molecule has 1 heterocycles. The molecule has 0 unspecified atom stereocenters. The summed E-state index contributed by atoms with van der Waals surface area (Å²) in [7, 11) is 0. The number of rotatable bonds is 5. The van der Waals surface area contributed by atoms with Gasteiger partial charge in [-0.3, -0.25) is 4.57 Å². The lowest BCUT2D eigenvalue weighted by atomic mass is 10.1. The molecule has 1 N–H and O–H groups in total. The van der Waals surface area contributed by atoms with E-state index < -0.39 is 0 Å². The highest BCUT2D eigenvalue weighted by molar-refractivity contribution is 5.44. The van der Waals surface area contributed by atoms with E-state index in [-0.39, 0.29) is 0 Å². The number of aryl methyl sites for hydroxylation is 2. The van der Waals surface area contributed by atoms with Crippen LogP contribution in [0.15, 0.2) is 30.5 Å². The predicted molar refractivity (Wildman–Crippen MR) is 76.5 cm³/mol. The van der Waals surface area contributed by atoms with Gasteiger partial charge in [0.1, 0.15) is 0 Å². The monoisotopic (exact) mass is 243 g/mol. The van der Waals surface area contributed by atoms with Crippen molar-refractivity contribution in [1.29, 1.82) is 0 Å². The van der Waals surface area contributed by atoms with Gasteiger partial charge in [0.2, 0.25) is 5.95 Å². The van der Waals surface area contributed by atoms with Crippen molar-refractivity contribution in [3.05, 3.63) is 41.7 Å². The number of aromatic nitrogens is 2. The van der Waals surface area contributed by atoms with Crippen molar-refractivity contribution in [3.63, 3.8) is 0 Å². The first-order valence-electron chi connectivity index (χ1n) is 6.63. The number of nitrogens with zero attached hydrogens (tertiary/aromatic N) is 2. The maximum Gasteiger partial charge on any atom is 0.207 e. The molecule has 96 valence electrons. The molecule has 0 aliphatic rings. The van der Waals surface area contributed by atoms with Crippen LogP contribution in [0.5, 0.6) is 0 Å². The van der Waals surface area contributed by atoms with Gasteiger partial charge in [-0.1, -0.05) is 26.0 Å². The SMILES string of the molecule is CCCNc1nc(C)cn1-c1cccc(CC)c1. The fourth-order valence-corrected chi connectivity index (χ4v) is 1.98. The van der Waals surface area contributed by atoms with Gasteiger partial charge in [-0.15, -0.1) is 0 Å². The van der Waals surface area contributed by atoms with Crippen LogP contribution in [0.4, 0.5) is 5.95 Å². The van der Waals surface area contributed by atoms with Crippen LogP contribution in [0.1, 0.15) is 31.5 Å². The standard InChI is InChI=1S/C15H21N3/c1-4-9-16-15-17-12(3)11-18(15)14-8-6-7-13(5-2)10-14/h6-8,10-11H,4-5,9H2,1-3H3,(H,16,17). The summed E-state index contributed by atoms with van der Waals surface area (Å²) in [5, 5.41) is 3.37.